The van der Waals surface area contributed by atoms with Crippen molar-refractivity contribution in [1.82, 2.24) is 5.32 Å². The van der Waals surface area contributed by atoms with Gasteiger partial charge in [-0.25, -0.2) is 0 Å². The molecule has 0 aromatic heterocycles. The quantitative estimate of drug-likeness (QED) is 0.825. The van der Waals surface area contributed by atoms with Crippen LogP contribution >= 0.6 is 0 Å². The Bertz CT molecular complexity index is 367. The summed E-state index contributed by atoms with van der Waals surface area (Å²) in [6.07, 6.45) is 13.1. The highest BCUT2D eigenvalue weighted by Crippen LogP contribution is 2.66. The standard InChI is InChI=1S/C19H35NO/c1-18(2)14-11-12-19(18,3)17(13-14)21-16-10-8-6-5-7-9-15(16)20-4/h14-17,20H,5-13H2,1-4H3. The molecule has 0 spiro atoms. The van der Waals surface area contributed by atoms with Crippen molar-refractivity contribution in [2.24, 2.45) is 16.7 Å². The van der Waals surface area contributed by atoms with E-state index in [4.69, 9.17) is 4.74 Å². The van der Waals surface area contributed by atoms with Gasteiger partial charge in [-0.15, -0.1) is 0 Å². The maximum atomic E-state index is 6.80. The Morgan fingerprint density at radius 3 is 2.24 bits per heavy atom. The Labute approximate surface area is 131 Å². The van der Waals surface area contributed by atoms with E-state index in [1.54, 1.807) is 0 Å². The molecule has 21 heavy (non-hydrogen) atoms. The molecule has 3 saturated carbocycles. The highest BCUT2D eigenvalue weighted by atomic mass is 16.5. The fourth-order valence-corrected chi connectivity index (χ4v) is 5.49. The molecule has 2 heteroatoms. The lowest BCUT2D eigenvalue weighted by Crippen LogP contribution is -2.46. The summed E-state index contributed by atoms with van der Waals surface area (Å²) >= 11 is 0. The molecule has 1 N–H and O–H groups in total. The number of nitrogens with one attached hydrogen (secondary N) is 1. The summed E-state index contributed by atoms with van der Waals surface area (Å²) in [7, 11) is 2.12. The fraction of sp³-hybridized carbons (Fsp3) is 1.00. The molecular formula is C19H35NO. The first-order valence-corrected chi connectivity index (χ1v) is 9.32. The third-order valence-corrected chi connectivity index (χ3v) is 7.63. The monoisotopic (exact) mass is 293 g/mol. The van der Waals surface area contributed by atoms with Crippen LogP contribution in [0.25, 0.3) is 0 Å². The lowest BCUT2D eigenvalue weighted by molar-refractivity contribution is -0.102. The van der Waals surface area contributed by atoms with Crippen LogP contribution in [-0.4, -0.2) is 25.3 Å². The van der Waals surface area contributed by atoms with Crippen molar-refractivity contribution >= 4 is 0 Å². The smallest absolute Gasteiger partial charge is 0.0731 e. The van der Waals surface area contributed by atoms with E-state index >= 15 is 0 Å². The first kappa shape index (κ1) is 15.8. The molecule has 0 heterocycles. The van der Waals surface area contributed by atoms with Crippen molar-refractivity contribution in [2.75, 3.05) is 7.05 Å². The molecule has 3 aliphatic rings. The van der Waals surface area contributed by atoms with Gasteiger partial charge in [0.25, 0.3) is 0 Å². The predicted octanol–water partition coefficient (Wildman–Crippen LogP) is 4.53. The van der Waals surface area contributed by atoms with E-state index in [-0.39, 0.29) is 0 Å². The molecular weight excluding hydrogens is 258 g/mol. The largest absolute Gasteiger partial charge is 0.373 e. The number of ether oxygens (including phenoxy) is 1. The van der Waals surface area contributed by atoms with E-state index in [2.05, 4.69) is 33.1 Å². The third-order valence-electron chi connectivity index (χ3n) is 7.63. The van der Waals surface area contributed by atoms with Gasteiger partial charge >= 0.3 is 0 Å². The van der Waals surface area contributed by atoms with E-state index in [1.807, 2.05) is 0 Å². The topological polar surface area (TPSA) is 21.3 Å². The number of rotatable bonds is 3. The lowest BCUT2D eigenvalue weighted by Gasteiger charge is -2.42. The summed E-state index contributed by atoms with van der Waals surface area (Å²) in [5.74, 6) is 0.883. The van der Waals surface area contributed by atoms with Gasteiger partial charge in [0, 0.05) is 6.04 Å². The summed E-state index contributed by atoms with van der Waals surface area (Å²) in [6, 6.07) is 0.566. The molecule has 0 amide bonds. The zero-order valence-electron chi connectivity index (χ0n) is 14.6. The van der Waals surface area contributed by atoms with Crippen LogP contribution in [0.4, 0.5) is 0 Å². The summed E-state index contributed by atoms with van der Waals surface area (Å²) in [5.41, 5.74) is 0.868. The van der Waals surface area contributed by atoms with E-state index in [0.29, 0.717) is 29.1 Å². The first-order chi connectivity index (χ1) is 9.99. The minimum atomic E-state index is 0.401. The molecule has 3 aliphatic carbocycles. The normalized spacial score (nSPS) is 46.3. The van der Waals surface area contributed by atoms with Crippen molar-refractivity contribution in [3.05, 3.63) is 0 Å². The molecule has 2 bridgehead atoms. The average Bonchev–Trinajstić information content (AvgIpc) is 2.75. The number of fused-ring (bicyclic) bond motifs is 2. The summed E-state index contributed by atoms with van der Waals surface area (Å²) in [4.78, 5) is 0. The van der Waals surface area contributed by atoms with Gasteiger partial charge in [0.05, 0.1) is 12.2 Å². The van der Waals surface area contributed by atoms with Crippen LogP contribution in [0.3, 0.4) is 0 Å². The fourth-order valence-electron chi connectivity index (χ4n) is 5.49. The minimum absolute atomic E-state index is 0.401. The van der Waals surface area contributed by atoms with Crippen molar-refractivity contribution in [2.45, 2.75) is 96.8 Å². The van der Waals surface area contributed by atoms with Crippen LogP contribution in [0.2, 0.25) is 0 Å². The van der Waals surface area contributed by atoms with Gasteiger partial charge in [-0.1, -0.05) is 46.5 Å². The number of likely N-dealkylation sites (N-methyl/N-ethyl adjacent to an activating group) is 1. The van der Waals surface area contributed by atoms with Crippen LogP contribution in [0, 0.1) is 16.7 Å². The van der Waals surface area contributed by atoms with Gasteiger partial charge in [0.15, 0.2) is 0 Å². The van der Waals surface area contributed by atoms with Gasteiger partial charge in [0.2, 0.25) is 0 Å². The molecule has 3 fully saturated rings. The highest BCUT2D eigenvalue weighted by molar-refractivity contribution is 5.11. The van der Waals surface area contributed by atoms with Crippen molar-refractivity contribution < 1.29 is 4.74 Å². The molecule has 0 radical (unpaired) electrons. The molecule has 5 atom stereocenters. The van der Waals surface area contributed by atoms with Crippen molar-refractivity contribution in [3.63, 3.8) is 0 Å². The van der Waals surface area contributed by atoms with E-state index in [1.165, 1.54) is 57.8 Å². The molecule has 2 nitrogen and oxygen atoms in total. The van der Waals surface area contributed by atoms with Crippen LogP contribution in [0.1, 0.15) is 78.6 Å². The molecule has 122 valence electrons. The molecule has 3 rings (SSSR count). The number of hydrogen-bond donors (Lipinski definition) is 1. The Balaban J connectivity index is 1.70. The zero-order valence-corrected chi connectivity index (χ0v) is 14.6. The second-order valence-electron chi connectivity index (χ2n) is 8.66. The van der Waals surface area contributed by atoms with Gasteiger partial charge in [-0.2, -0.15) is 0 Å². The SMILES string of the molecule is CNC1CCCCCCC1OC1CC2CCC1(C)C2(C)C. The Morgan fingerprint density at radius 2 is 1.67 bits per heavy atom. The summed E-state index contributed by atoms with van der Waals surface area (Å²) in [6.45, 7) is 7.48. The lowest BCUT2D eigenvalue weighted by atomic mass is 9.70. The molecule has 0 aromatic rings. The van der Waals surface area contributed by atoms with Crippen LogP contribution in [0.15, 0.2) is 0 Å². The maximum absolute atomic E-state index is 6.80. The van der Waals surface area contributed by atoms with Crippen molar-refractivity contribution in [1.29, 1.82) is 0 Å². The molecule has 5 unspecified atom stereocenters. The van der Waals surface area contributed by atoms with E-state index < -0.39 is 0 Å². The Hall–Kier alpha value is -0.0800. The highest BCUT2D eigenvalue weighted by Gasteiger charge is 2.62. The third kappa shape index (κ3) is 2.57. The molecule has 0 aromatic carbocycles. The number of hydrogen-bond acceptors (Lipinski definition) is 2. The minimum Gasteiger partial charge on any atom is -0.373 e. The van der Waals surface area contributed by atoms with Crippen LogP contribution < -0.4 is 5.32 Å². The van der Waals surface area contributed by atoms with Gasteiger partial charge < -0.3 is 10.1 Å². The van der Waals surface area contributed by atoms with E-state index in [0.717, 1.165) is 5.92 Å². The molecule has 0 saturated heterocycles. The van der Waals surface area contributed by atoms with Crippen LogP contribution in [0.5, 0.6) is 0 Å². The average molecular weight is 293 g/mol. The van der Waals surface area contributed by atoms with Gasteiger partial charge in [0.1, 0.15) is 0 Å². The summed E-state index contributed by atoms with van der Waals surface area (Å²) < 4.78 is 6.80. The second kappa shape index (κ2) is 5.85. The van der Waals surface area contributed by atoms with Crippen LogP contribution in [-0.2, 0) is 4.74 Å². The zero-order chi connectivity index (χ0) is 15.1. The maximum Gasteiger partial charge on any atom is 0.0731 e. The Kier molecular flexibility index (Phi) is 4.40. The van der Waals surface area contributed by atoms with Gasteiger partial charge in [-0.05, 0) is 55.9 Å². The Morgan fingerprint density at radius 1 is 0.952 bits per heavy atom. The molecule has 0 aliphatic heterocycles. The second-order valence-corrected chi connectivity index (χ2v) is 8.66. The first-order valence-electron chi connectivity index (χ1n) is 9.32. The summed E-state index contributed by atoms with van der Waals surface area (Å²) in [5, 5.41) is 3.55. The predicted molar refractivity (Wildman–Crippen MR) is 88.4 cm³/mol. The van der Waals surface area contributed by atoms with E-state index in [9.17, 15) is 0 Å². The van der Waals surface area contributed by atoms with Gasteiger partial charge in [-0.3, -0.25) is 0 Å². The van der Waals surface area contributed by atoms with Crippen molar-refractivity contribution in [3.8, 4) is 0 Å².